The van der Waals surface area contributed by atoms with Crippen molar-refractivity contribution >= 4 is 11.5 Å². The second-order valence-corrected chi connectivity index (χ2v) is 3.62. The van der Waals surface area contributed by atoms with Crippen molar-refractivity contribution in [3.63, 3.8) is 0 Å². The van der Waals surface area contributed by atoms with Crippen molar-refractivity contribution in [3.05, 3.63) is 24.5 Å². The molecule has 2 aromatic rings. The molecule has 2 rings (SSSR count). The van der Waals surface area contributed by atoms with Crippen molar-refractivity contribution in [1.82, 2.24) is 20.0 Å². The Kier molecular flexibility index (Phi) is 3.95. The van der Waals surface area contributed by atoms with E-state index < -0.39 is 0 Å². The number of rotatable bonds is 6. The van der Waals surface area contributed by atoms with Gasteiger partial charge in [-0.05, 0) is 19.1 Å². The quantitative estimate of drug-likeness (QED) is 0.784. The van der Waals surface area contributed by atoms with Crippen molar-refractivity contribution in [3.8, 4) is 5.88 Å². The number of hydrogen-bond donors (Lipinski definition) is 2. The zero-order chi connectivity index (χ0) is 12.8. The number of nitrogens with one attached hydrogen (secondary N) is 1. The molecule has 0 amide bonds. The van der Waals surface area contributed by atoms with Crippen LogP contribution in [-0.4, -0.2) is 33.1 Å². The smallest absolute Gasteiger partial charge is 0.239 e. The average Bonchev–Trinajstić information content (AvgIpc) is 2.87. The molecule has 18 heavy (non-hydrogen) atoms. The fraction of sp³-hybridized carbons (Fsp3) is 0.364. The molecule has 0 saturated carbocycles. The van der Waals surface area contributed by atoms with E-state index in [4.69, 9.17) is 10.5 Å². The lowest BCUT2D eigenvalue weighted by Crippen LogP contribution is -2.12. The van der Waals surface area contributed by atoms with Gasteiger partial charge in [0.2, 0.25) is 5.88 Å². The number of anilines is 2. The number of nitrogens with two attached hydrogens (primary N) is 1. The molecule has 0 unspecified atom stereocenters. The summed E-state index contributed by atoms with van der Waals surface area (Å²) in [6.07, 6.45) is 3.46. The highest BCUT2D eigenvalue weighted by atomic mass is 16.5. The largest absolute Gasteiger partial charge is 0.476 e. The Bertz CT molecular complexity index is 484. The molecule has 2 heterocycles. The zero-order valence-corrected chi connectivity index (χ0v) is 10.2. The number of pyridine rings is 1. The fourth-order valence-corrected chi connectivity index (χ4v) is 1.45. The first-order valence-corrected chi connectivity index (χ1v) is 5.77. The first-order chi connectivity index (χ1) is 8.79. The van der Waals surface area contributed by atoms with E-state index in [1.54, 1.807) is 16.9 Å². The highest BCUT2D eigenvalue weighted by Gasteiger charge is 2.03. The lowest BCUT2D eigenvalue weighted by Gasteiger charge is -2.09. The number of nitrogens with zero attached hydrogens (tertiary/aromatic N) is 4. The summed E-state index contributed by atoms with van der Waals surface area (Å²) in [5, 5.41) is 10.8. The lowest BCUT2D eigenvalue weighted by molar-refractivity contribution is 0.329. The zero-order valence-electron chi connectivity index (χ0n) is 10.2. The number of nitrogen functional groups attached to an aromatic ring is 1. The molecular weight excluding hydrogens is 232 g/mol. The van der Waals surface area contributed by atoms with Gasteiger partial charge in [0.15, 0.2) is 0 Å². The van der Waals surface area contributed by atoms with Crippen LogP contribution in [0.25, 0.3) is 0 Å². The molecule has 0 radical (unpaired) electrons. The second kappa shape index (κ2) is 5.85. The van der Waals surface area contributed by atoms with E-state index in [-0.39, 0.29) is 0 Å². The maximum absolute atomic E-state index is 5.74. The minimum Gasteiger partial charge on any atom is -0.476 e. The van der Waals surface area contributed by atoms with Crippen LogP contribution in [0.3, 0.4) is 0 Å². The Hall–Kier alpha value is -2.31. The molecule has 0 bridgehead atoms. The molecular formula is C11H16N6O. The van der Waals surface area contributed by atoms with Gasteiger partial charge in [0, 0.05) is 12.7 Å². The van der Waals surface area contributed by atoms with Gasteiger partial charge in [-0.25, -0.2) is 0 Å². The van der Waals surface area contributed by atoms with Crippen molar-refractivity contribution in [2.24, 2.45) is 0 Å². The summed E-state index contributed by atoms with van der Waals surface area (Å²) >= 11 is 0. The van der Waals surface area contributed by atoms with Gasteiger partial charge in [0.25, 0.3) is 0 Å². The van der Waals surface area contributed by atoms with Gasteiger partial charge in [-0.1, -0.05) is 5.21 Å². The molecule has 7 nitrogen and oxygen atoms in total. The van der Waals surface area contributed by atoms with Crippen LogP contribution in [0, 0.1) is 0 Å². The average molecular weight is 248 g/mol. The molecule has 0 fully saturated rings. The van der Waals surface area contributed by atoms with Gasteiger partial charge >= 0.3 is 0 Å². The monoisotopic (exact) mass is 248 g/mol. The lowest BCUT2D eigenvalue weighted by atomic mass is 10.4. The van der Waals surface area contributed by atoms with E-state index in [0.29, 0.717) is 24.7 Å². The van der Waals surface area contributed by atoms with Gasteiger partial charge in [0.05, 0.1) is 25.0 Å². The standard InChI is InChI=1S/C11H16N6O/c1-2-18-11-9(12)3-4-10(15-11)13-5-7-17-8-6-14-16-17/h3-4,6,8H,2,5,7,12H2,1H3,(H,13,15). The molecule has 0 aliphatic carbocycles. The molecule has 0 spiro atoms. The van der Waals surface area contributed by atoms with Gasteiger partial charge in [-0.15, -0.1) is 5.10 Å². The van der Waals surface area contributed by atoms with E-state index >= 15 is 0 Å². The van der Waals surface area contributed by atoms with E-state index in [1.807, 2.05) is 19.2 Å². The molecule has 3 N–H and O–H groups in total. The second-order valence-electron chi connectivity index (χ2n) is 3.62. The number of hydrogen-bond acceptors (Lipinski definition) is 6. The summed E-state index contributed by atoms with van der Waals surface area (Å²) in [4.78, 5) is 4.28. The molecule has 0 aromatic carbocycles. The highest BCUT2D eigenvalue weighted by Crippen LogP contribution is 2.20. The third-order valence-corrected chi connectivity index (χ3v) is 2.29. The minimum absolute atomic E-state index is 0.461. The van der Waals surface area contributed by atoms with Crippen LogP contribution in [-0.2, 0) is 6.54 Å². The maximum atomic E-state index is 5.74. The Labute approximate surface area is 105 Å². The molecule has 0 atom stereocenters. The van der Waals surface area contributed by atoms with Crippen LogP contribution in [0.4, 0.5) is 11.5 Å². The first-order valence-electron chi connectivity index (χ1n) is 5.77. The van der Waals surface area contributed by atoms with Crippen LogP contribution >= 0.6 is 0 Å². The summed E-state index contributed by atoms with van der Waals surface area (Å²) < 4.78 is 7.07. The molecule has 0 aliphatic heterocycles. The number of aromatic nitrogens is 4. The van der Waals surface area contributed by atoms with Crippen LogP contribution < -0.4 is 15.8 Å². The maximum Gasteiger partial charge on any atom is 0.239 e. The van der Waals surface area contributed by atoms with E-state index in [9.17, 15) is 0 Å². The van der Waals surface area contributed by atoms with Crippen LogP contribution in [0.15, 0.2) is 24.5 Å². The van der Waals surface area contributed by atoms with Crippen molar-refractivity contribution in [1.29, 1.82) is 0 Å². The Balaban J connectivity index is 1.90. The van der Waals surface area contributed by atoms with Gasteiger partial charge in [-0.2, -0.15) is 4.98 Å². The Morgan fingerprint density at radius 3 is 3.06 bits per heavy atom. The third kappa shape index (κ3) is 3.09. The SMILES string of the molecule is CCOc1nc(NCCn2ccnn2)ccc1N. The van der Waals surface area contributed by atoms with Crippen molar-refractivity contribution in [2.45, 2.75) is 13.5 Å². The van der Waals surface area contributed by atoms with Gasteiger partial charge in [-0.3, -0.25) is 4.68 Å². The molecule has 2 aromatic heterocycles. The molecule has 96 valence electrons. The summed E-state index contributed by atoms with van der Waals surface area (Å²) in [7, 11) is 0. The first kappa shape index (κ1) is 12.2. The van der Waals surface area contributed by atoms with Crippen LogP contribution in [0.5, 0.6) is 5.88 Å². The Morgan fingerprint density at radius 1 is 1.44 bits per heavy atom. The van der Waals surface area contributed by atoms with Gasteiger partial charge < -0.3 is 15.8 Å². The summed E-state index contributed by atoms with van der Waals surface area (Å²) in [5.41, 5.74) is 6.28. The highest BCUT2D eigenvalue weighted by molar-refractivity contribution is 5.53. The minimum atomic E-state index is 0.461. The van der Waals surface area contributed by atoms with E-state index in [0.717, 1.165) is 12.4 Å². The summed E-state index contributed by atoms with van der Waals surface area (Å²) in [6.45, 7) is 3.85. The summed E-state index contributed by atoms with van der Waals surface area (Å²) in [5.74, 6) is 1.19. The number of ether oxygens (including phenoxy) is 1. The predicted octanol–water partition coefficient (Wildman–Crippen LogP) is 0.766. The molecule has 7 heteroatoms. The topological polar surface area (TPSA) is 90.9 Å². The van der Waals surface area contributed by atoms with E-state index in [2.05, 4.69) is 20.6 Å². The molecule has 0 saturated heterocycles. The van der Waals surface area contributed by atoms with Crippen molar-refractivity contribution < 1.29 is 4.74 Å². The summed E-state index contributed by atoms with van der Waals surface area (Å²) in [6, 6.07) is 3.59. The van der Waals surface area contributed by atoms with Crippen molar-refractivity contribution in [2.75, 3.05) is 24.2 Å². The van der Waals surface area contributed by atoms with E-state index in [1.165, 1.54) is 0 Å². The third-order valence-electron chi connectivity index (χ3n) is 2.29. The normalized spacial score (nSPS) is 10.3. The predicted molar refractivity (Wildman–Crippen MR) is 68.3 cm³/mol. The van der Waals surface area contributed by atoms with Gasteiger partial charge in [0.1, 0.15) is 5.82 Å². The Morgan fingerprint density at radius 2 is 2.33 bits per heavy atom. The molecule has 0 aliphatic rings. The van der Waals surface area contributed by atoms with Crippen LogP contribution in [0.1, 0.15) is 6.92 Å². The fourth-order valence-electron chi connectivity index (χ4n) is 1.45. The van der Waals surface area contributed by atoms with Crippen LogP contribution in [0.2, 0.25) is 0 Å².